The summed E-state index contributed by atoms with van der Waals surface area (Å²) in [4.78, 5) is 11.7. The molecule has 15 heteroatoms. The molecule has 0 unspecified atom stereocenters. The predicted molar refractivity (Wildman–Crippen MR) is 141 cm³/mol. The molecule has 0 saturated heterocycles. The quantitative estimate of drug-likeness (QED) is 0.0605. The fourth-order valence-electron chi connectivity index (χ4n) is 3.28. The standard InChI is InChI=1S/C15H42O8Si7/c1-8-10-13(16)17-11-9-12-30(14(18-24-2,19-25-3)20-26-4)15(21-27-5,22-28-6)23-29-7/h8,10,30H,9,11-12,24-29H2,1-7H3. The lowest BCUT2D eigenvalue weighted by Gasteiger charge is -2.48. The van der Waals surface area contributed by atoms with Gasteiger partial charge in [0, 0.05) is 6.08 Å². The lowest BCUT2D eigenvalue weighted by Crippen LogP contribution is -2.68. The van der Waals surface area contributed by atoms with E-state index in [-0.39, 0.29) is 5.97 Å². The average Bonchev–Trinajstić information content (AvgIpc) is 2.69. The highest BCUT2D eigenvalue weighted by molar-refractivity contribution is 6.66. The highest BCUT2D eigenvalue weighted by Gasteiger charge is 2.56. The Balaban J connectivity index is 6.00. The molecule has 0 heterocycles. The second-order valence-electron chi connectivity index (χ2n) is 6.17. The van der Waals surface area contributed by atoms with Crippen molar-refractivity contribution in [2.75, 3.05) is 6.61 Å². The van der Waals surface area contributed by atoms with Gasteiger partial charge in [0.05, 0.1) is 6.61 Å². The third-order valence-corrected chi connectivity index (χ3v) is 13.9. The number of ether oxygens (including phenoxy) is 1. The van der Waals surface area contributed by atoms with Crippen LogP contribution in [0.25, 0.3) is 0 Å². The topological polar surface area (TPSA) is 81.7 Å². The number of hydrogen-bond donors (Lipinski definition) is 0. The number of rotatable bonds is 19. The Hall–Kier alpha value is 0.488. The van der Waals surface area contributed by atoms with Crippen LogP contribution in [-0.2, 0) is 36.1 Å². The zero-order valence-corrected chi connectivity index (χ0v) is 29.5. The first-order chi connectivity index (χ1) is 14.5. The molecule has 0 atom stereocenters. The molecule has 0 radical (unpaired) electrons. The molecule has 0 aromatic rings. The molecule has 0 aliphatic heterocycles. The molecule has 0 N–H and O–H groups in total. The molecule has 0 amide bonds. The van der Waals surface area contributed by atoms with Gasteiger partial charge in [-0.2, -0.15) is 0 Å². The molecule has 0 aliphatic rings. The number of hydrogen-bond acceptors (Lipinski definition) is 8. The maximum absolute atomic E-state index is 11.7. The molecule has 0 rings (SSSR count). The van der Waals surface area contributed by atoms with Crippen LogP contribution in [0.5, 0.6) is 0 Å². The molecular weight excluding hydrogens is 505 g/mol. The van der Waals surface area contributed by atoms with Gasteiger partial charge in [-0.1, -0.05) is 45.4 Å². The van der Waals surface area contributed by atoms with Gasteiger partial charge in [-0.05, 0) is 19.4 Å². The lowest BCUT2D eigenvalue weighted by atomic mass is 10.5. The van der Waals surface area contributed by atoms with E-state index in [2.05, 4.69) is 39.3 Å². The normalized spacial score (nSPS) is 19.3. The van der Waals surface area contributed by atoms with Gasteiger partial charge < -0.3 is 31.3 Å². The summed E-state index contributed by atoms with van der Waals surface area (Å²) in [5.74, 6) is -0.327. The largest absolute Gasteiger partial charge is 0.463 e. The van der Waals surface area contributed by atoms with Crippen molar-refractivity contribution in [1.29, 1.82) is 0 Å². The van der Waals surface area contributed by atoms with Crippen molar-refractivity contribution in [1.82, 2.24) is 0 Å². The summed E-state index contributed by atoms with van der Waals surface area (Å²) >= 11 is 0. The molecule has 0 aliphatic carbocycles. The highest BCUT2D eigenvalue weighted by Crippen LogP contribution is 2.33. The van der Waals surface area contributed by atoms with Crippen LogP contribution in [0.1, 0.15) is 13.3 Å². The van der Waals surface area contributed by atoms with Crippen molar-refractivity contribution in [3.05, 3.63) is 12.2 Å². The van der Waals surface area contributed by atoms with E-state index in [9.17, 15) is 4.79 Å². The lowest BCUT2D eigenvalue weighted by molar-refractivity contribution is -0.238. The summed E-state index contributed by atoms with van der Waals surface area (Å²) in [6, 6.07) is 0.720. The number of esters is 1. The van der Waals surface area contributed by atoms with Crippen molar-refractivity contribution in [2.45, 2.75) is 69.9 Å². The molecule has 178 valence electrons. The maximum Gasteiger partial charge on any atom is 0.330 e. The van der Waals surface area contributed by atoms with Gasteiger partial charge in [-0.25, -0.2) is 4.79 Å². The van der Waals surface area contributed by atoms with E-state index in [4.69, 9.17) is 31.3 Å². The molecule has 0 saturated carbocycles. The molecule has 0 aromatic carbocycles. The van der Waals surface area contributed by atoms with Crippen LogP contribution in [0.15, 0.2) is 12.2 Å². The molecular formula is C15H42O8Si7. The molecule has 0 aromatic heterocycles. The zero-order valence-electron chi connectivity index (χ0n) is 19.9. The van der Waals surface area contributed by atoms with Gasteiger partial charge in [-0.3, -0.25) is 0 Å². The van der Waals surface area contributed by atoms with Gasteiger partial charge in [-0.15, -0.1) is 0 Å². The average molecular weight is 547 g/mol. The Morgan fingerprint density at radius 3 is 1.43 bits per heavy atom. The van der Waals surface area contributed by atoms with Crippen LogP contribution in [0.4, 0.5) is 0 Å². The van der Waals surface area contributed by atoms with Crippen LogP contribution in [0, 0.1) is 0 Å². The van der Waals surface area contributed by atoms with Crippen LogP contribution >= 0.6 is 0 Å². The van der Waals surface area contributed by atoms with Gasteiger partial charge in [0.2, 0.25) is 20.0 Å². The number of carbonyl (C=O) groups is 1. The SMILES string of the molecule is CC=CC(=O)OCCC[SiH](C(O[SiH2]C)(O[SiH2]C)O[SiH2]C)C(O[SiH2]C)(O[SiH2]C)O[SiH2]C. The summed E-state index contributed by atoms with van der Waals surface area (Å²) in [5.41, 5.74) is -2.10. The van der Waals surface area contributed by atoms with Gasteiger partial charge >= 0.3 is 5.97 Å². The first-order valence-corrected chi connectivity index (χ1v) is 25.0. The van der Waals surface area contributed by atoms with Crippen molar-refractivity contribution in [3.8, 4) is 0 Å². The maximum atomic E-state index is 11.7. The third-order valence-electron chi connectivity index (χ3n) is 4.11. The summed E-state index contributed by atoms with van der Waals surface area (Å²) in [5, 5.41) is 0. The molecule has 8 nitrogen and oxygen atoms in total. The molecule has 0 fully saturated rings. The van der Waals surface area contributed by atoms with Crippen LogP contribution < -0.4 is 0 Å². The summed E-state index contributed by atoms with van der Waals surface area (Å²) < 4.78 is 43.4. The fraction of sp³-hybridized carbons (Fsp3) is 0.800. The van der Waals surface area contributed by atoms with Crippen molar-refractivity contribution in [2.24, 2.45) is 0 Å². The van der Waals surface area contributed by atoms with Gasteiger partial charge in [0.1, 0.15) is 0 Å². The van der Waals surface area contributed by atoms with E-state index in [1.807, 2.05) is 0 Å². The molecule has 30 heavy (non-hydrogen) atoms. The minimum atomic E-state index is -2.25. The Bertz CT molecular complexity index is 426. The second-order valence-corrected chi connectivity index (χ2v) is 14.5. The predicted octanol–water partition coefficient (Wildman–Crippen LogP) is -2.00. The van der Waals surface area contributed by atoms with E-state index in [1.165, 1.54) is 6.08 Å². The van der Waals surface area contributed by atoms with Crippen LogP contribution in [0.2, 0.25) is 45.3 Å². The van der Waals surface area contributed by atoms with Crippen molar-refractivity contribution < 1.29 is 36.1 Å². The van der Waals surface area contributed by atoms with Gasteiger partial charge in [0.25, 0.3) is 0 Å². The Morgan fingerprint density at radius 2 is 1.13 bits per heavy atom. The second kappa shape index (κ2) is 18.0. The Labute approximate surface area is 197 Å². The summed E-state index contributed by atoms with van der Waals surface area (Å²) in [6.07, 6.45) is 3.77. The minimum Gasteiger partial charge on any atom is -0.463 e. The van der Waals surface area contributed by atoms with E-state index < -0.39 is 78.6 Å². The third kappa shape index (κ3) is 9.96. The summed E-state index contributed by atoms with van der Waals surface area (Å²) in [7, 11) is -7.17. The Kier molecular flexibility index (Phi) is 18.3. The van der Waals surface area contributed by atoms with Crippen LogP contribution in [-0.4, -0.2) is 91.1 Å². The molecule has 0 spiro atoms. The van der Waals surface area contributed by atoms with Crippen molar-refractivity contribution in [3.63, 3.8) is 0 Å². The monoisotopic (exact) mass is 546 g/mol. The zero-order chi connectivity index (χ0) is 22.9. The molecule has 0 bridgehead atoms. The van der Waals surface area contributed by atoms with Gasteiger partial charge in [0.15, 0.2) is 58.6 Å². The summed E-state index contributed by atoms with van der Waals surface area (Å²) in [6.45, 7) is 14.6. The Morgan fingerprint density at radius 1 is 0.767 bits per heavy atom. The number of carbonyl (C=O) groups excluding carboxylic acids is 1. The minimum absolute atomic E-state index is 0.326. The van der Waals surface area contributed by atoms with E-state index in [0.29, 0.717) is 13.0 Å². The van der Waals surface area contributed by atoms with E-state index >= 15 is 0 Å². The first-order valence-electron chi connectivity index (χ1n) is 11.1. The van der Waals surface area contributed by atoms with E-state index in [0.717, 1.165) is 6.04 Å². The van der Waals surface area contributed by atoms with Crippen molar-refractivity contribution >= 4 is 73.3 Å². The number of allylic oxidation sites excluding steroid dienone is 1. The van der Waals surface area contributed by atoms with E-state index in [1.54, 1.807) is 13.0 Å². The van der Waals surface area contributed by atoms with Crippen LogP contribution in [0.3, 0.4) is 0 Å². The fourth-order valence-corrected chi connectivity index (χ4v) is 17.2. The highest BCUT2D eigenvalue weighted by atomic mass is 28.3. The smallest absolute Gasteiger partial charge is 0.330 e. The first kappa shape index (κ1) is 30.5.